The van der Waals surface area contributed by atoms with Crippen LogP contribution in [0.25, 0.3) is 0 Å². The fourth-order valence-corrected chi connectivity index (χ4v) is 3.99. The number of pyridine rings is 1. The maximum absolute atomic E-state index is 12.4. The minimum Gasteiger partial charge on any atom is -0.314 e. The lowest BCUT2D eigenvalue weighted by molar-refractivity contribution is 0.284. The van der Waals surface area contributed by atoms with Gasteiger partial charge in [0.15, 0.2) is 0 Å². The zero-order valence-corrected chi connectivity index (χ0v) is 11.8. The minimum absolute atomic E-state index is 0.0345. The van der Waals surface area contributed by atoms with Gasteiger partial charge in [-0.3, -0.25) is 4.98 Å². The van der Waals surface area contributed by atoms with Crippen molar-refractivity contribution in [2.75, 3.05) is 19.6 Å². The number of sulfonamides is 1. The van der Waals surface area contributed by atoms with Gasteiger partial charge in [0.2, 0.25) is 10.0 Å². The van der Waals surface area contributed by atoms with Crippen molar-refractivity contribution >= 4 is 26.0 Å². The van der Waals surface area contributed by atoms with Gasteiger partial charge in [0.05, 0.1) is 0 Å². The molecule has 1 fully saturated rings. The molecular weight excluding hydrogens is 306 g/mol. The van der Waals surface area contributed by atoms with Crippen molar-refractivity contribution in [3.63, 3.8) is 0 Å². The van der Waals surface area contributed by atoms with E-state index in [2.05, 4.69) is 26.2 Å². The molecule has 2 rings (SSSR count). The lowest BCUT2D eigenvalue weighted by Gasteiger charge is -2.32. The van der Waals surface area contributed by atoms with Crippen molar-refractivity contribution in [1.82, 2.24) is 14.6 Å². The highest BCUT2D eigenvalue weighted by Crippen LogP contribution is 2.21. The van der Waals surface area contributed by atoms with Crippen LogP contribution in [0.1, 0.15) is 6.92 Å². The molecule has 1 saturated heterocycles. The third-order valence-corrected chi connectivity index (χ3v) is 5.14. The second kappa shape index (κ2) is 5.01. The van der Waals surface area contributed by atoms with Gasteiger partial charge in [-0.05, 0) is 28.9 Å². The number of rotatable bonds is 2. The van der Waals surface area contributed by atoms with Gasteiger partial charge in [0.25, 0.3) is 0 Å². The maximum atomic E-state index is 12.4. The van der Waals surface area contributed by atoms with Crippen molar-refractivity contribution < 1.29 is 8.42 Å². The molecule has 5 nitrogen and oxygen atoms in total. The maximum Gasteiger partial charge on any atom is 0.244 e. The van der Waals surface area contributed by atoms with Crippen molar-refractivity contribution in [2.24, 2.45) is 0 Å². The Morgan fingerprint density at radius 2 is 2.29 bits per heavy atom. The number of nitrogens with zero attached hydrogens (tertiary/aromatic N) is 2. The van der Waals surface area contributed by atoms with Crippen LogP contribution < -0.4 is 5.32 Å². The summed E-state index contributed by atoms with van der Waals surface area (Å²) in [5.41, 5.74) is 0. The first-order valence-electron chi connectivity index (χ1n) is 5.35. The summed E-state index contributed by atoms with van der Waals surface area (Å²) in [6.45, 7) is 3.76. The van der Waals surface area contributed by atoms with Crippen LogP contribution in [0, 0.1) is 0 Å². The van der Waals surface area contributed by atoms with E-state index in [1.807, 2.05) is 6.92 Å². The molecule has 0 spiro atoms. The van der Waals surface area contributed by atoms with Crippen LogP contribution in [0.4, 0.5) is 0 Å². The van der Waals surface area contributed by atoms with Crippen molar-refractivity contribution in [3.05, 3.63) is 22.9 Å². The van der Waals surface area contributed by atoms with E-state index >= 15 is 0 Å². The molecule has 2 heterocycles. The highest BCUT2D eigenvalue weighted by molar-refractivity contribution is 9.10. The van der Waals surface area contributed by atoms with Crippen molar-refractivity contribution in [3.8, 4) is 0 Å². The first-order chi connectivity index (χ1) is 8.01. The first-order valence-corrected chi connectivity index (χ1v) is 7.58. The average Bonchev–Trinajstić information content (AvgIpc) is 2.29. The molecule has 1 aliphatic rings. The summed E-state index contributed by atoms with van der Waals surface area (Å²) >= 11 is 3.24. The summed E-state index contributed by atoms with van der Waals surface area (Å²) in [4.78, 5) is 4.14. The fraction of sp³-hybridized carbons (Fsp3) is 0.500. The van der Waals surface area contributed by atoms with Gasteiger partial charge in [-0.25, -0.2) is 8.42 Å². The van der Waals surface area contributed by atoms with Crippen molar-refractivity contribution in [2.45, 2.75) is 17.9 Å². The standard InChI is InChI=1S/C10H14BrN3O2S/c1-8-5-12-2-3-14(8)17(15,16)10-4-9(11)6-13-7-10/h4,6-8,12H,2-3,5H2,1H3/t8-/m1/s1. The molecule has 0 bridgehead atoms. The summed E-state index contributed by atoms with van der Waals surface area (Å²) in [6, 6.07) is 1.55. The molecule has 1 atom stereocenters. The third kappa shape index (κ3) is 2.67. The summed E-state index contributed by atoms with van der Waals surface area (Å²) < 4.78 is 27.0. The molecule has 0 aliphatic carbocycles. The van der Waals surface area contributed by atoms with Crippen LogP contribution >= 0.6 is 15.9 Å². The molecule has 0 amide bonds. The molecule has 1 aliphatic heterocycles. The number of hydrogen-bond donors (Lipinski definition) is 1. The van der Waals surface area contributed by atoms with E-state index in [0.29, 0.717) is 24.1 Å². The number of hydrogen-bond acceptors (Lipinski definition) is 4. The summed E-state index contributed by atoms with van der Waals surface area (Å²) in [7, 11) is -3.43. The summed E-state index contributed by atoms with van der Waals surface area (Å²) in [6.07, 6.45) is 2.95. The highest BCUT2D eigenvalue weighted by Gasteiger charge is 2.31. The zero-order valence-electron chi connectivity index (χ0n) is 9.43. The quantitative estimate of drug-likeness (QED) is 0.877. The van der Waals surface area contributed by atoms with E-state index in [-0.39, 0.29) is 10.9 Å². The monoisotopic (exact) mass is 319 g/mol. The van der Waals surface area contributed by atoms with E-state index in [9.17, 15) is 8.42 Å². The Balaban J connectivity index is 2.35. The molecule has 17 heavy (non-hydrogen) atoms. The van der Waals surface area contributed by atoms with Crippen LogP contribution in [0.5, 0.6) is 0 Å². The Kier molecular flexibility index (Phi) is 3.82. The molecule has 1 aromatic heterocycles. The molecule has 0 unspecified atom stereocenters. The Hall–Kier alpha value is -0.500. The lowest BCUT2D eigenvalue weighted by atomic mass is 10.3. The fourth-order valence-electron chi connectivity index (χ4n) is 1.85. The normalized spacial score (nSPS) is 22.6. The predicted octanol–water partition coefficient (Wildman–Crippen LogP) is 0.827. The SMILES string of the molecule is C[C@@H]1CNCCN1S(=O)(=O)c1cncc(Br)c1. The molecule has 0 aromatic carbocycles. The number of piperazine rings is 1. The van der Waals surface area contributed by atoms with E-state index in [4.69, 9.17) is 0 Å². The van der Waals surface area contributed by atoms with E-state index in [0.717, 1.165) is 0 Å². The van der Waals surface area contributed by atoms with Crippen LogP contribution in [-0.4, -0.2) is 43.4 Å². The Labute approximate surface area is 109 Å². The second-order valence-electron chi connectivity index (χ2n) is 4.01. The number of halogens is 1. The Morgan fingerprint density at radius 1 is 1.53 bits per heavy atom. The predicted molar refractivity (Wildman–Crippen MR) is 68.2 cm³/mol. The average molecular weight is 320 g/mol. The van der Waals surface area contributed by atoms with Crippen LogP contribution in [0.15, 0.2) is 27.8 Å². The van der Waals surface area contributed by atoms with Crippen LogP contribution in [0.2, 0.25) is 0 Å². The molecular formula is C10H14BrN3O2S. The largest absolute Gasteiger partial charge is 0.314 e. The van der Waals surface area contributed by atoms with E-state index in [1.165, 1.54) is 10.5 Å². The smallest absolute Gasteiger partial charge is 0.244 e. The number of nitrogens with one attached hydrogen (secondary N) is 1. The van der Waals surface area contributed by atoms with Gasteiger partial charge in [-0.15, -0.1) is 0 Å². The van der Waals surface area contributed by atoms with E-state index in [1.54, 1.807) is 12.3 Å². The van der Waals surface area contributed by atoms with Gasteiger partial charge in [-0.1, -0.05) is 0 Å². The molecule has 7 heteroatoms. The van der Waals surface area contributed by atoms with Crippen LogP contribution in [-0.2, 0) is 10.0 Å². The van der Waals surface area contributed by atoms with Gasteiger partial charge >= 0.3 is 0 Å². The van der Waals surface area contributed by atoms with Crippen molar-refractivity contribution in [1.29, 1.82) is 0 Å². The molecule has 1 aromatic rings. The molecule has 0 radical (unpaired) electrons. The van der Waals surface area contributed by atoms with E-state index < -0.39 is 10.0 Å². The minimum atomic E-state index is -3.43. The van der Waals surface area contributed by atoms with Gasteiger partial charge in [0.1, 0.15) is 4.90 Å². The van der Waals surface area contributed by atoms with Crippen LogP contribution in [0.3, 0.4) is 0 Å². The number of aromatic nitrogens is 1. The summed E-state index contributed by atoms with van der Waals surface area (Å²) in [5, 5.41) is 3.17. The van der Waals surface area contributed by atoms with Gasteiger partial charge in [0, 0.05) is 42.5 Å². The molecule has 1 N–H and O–H groups in total. The topological polar surface area (TPSA) is 62.3 Å². The Morgan fingerprint density at radius 3 is 2.94 bits per heavy atom. The molecule has 94 valence electrons. The highest BCUT2D eigenvalue weighted by atomic mass is 79.9. The third-order valence-electron chi connectivity index (χ3n) is 2.73. The summed E-state index contributed by atoms with van der Waals surface area (Å²) in [5.74, 6) is 0. The van der Waals surface area contributed by atoms with Gasteiger partial charge < -0.3 is 5.32 Å². The molecule has 0 saturated carbocycles. The second-order valence-corrected chi connectivity index (χ2v) is 6.81. The zero-order chi connectivity index (χ0) is 12.5. The lowest BCUT2D eigenvalue weighted by Crippen LogP contribution is -2.52. The Bertz CT molecular complexity index is 506. The first kappa shape index (κ1) is 12.9. The van der Waals surface area contributed by atoms with Gasteiger partial charge in [-0.2, -0.15) is 4.31 Å².